The molecule has 1 heterocycles. The van der Waals surface area contributed by atoms with Crippen molar-refractivity contribution in [1.29, 1.82) is 0 Å². The average Bonchev–Trinajstić information content (AvgIpc) is 3.12. The predicted octanol–water partition coefficient (Wildman–Crippen LogP) is 4.22. The molecule has 1 atom stereocenters. The lowest BCUT2D eigenvalue weighted by atomic mass is 10.1. The van der Waals surface area contributed by atoms with Crippen molar-refractivity contribution in [1.82, 2.24) is 4.90 Å². The number of nitro groups is 1. The summed E-state index contributed by atoms with van der Waals surface area (Å²) in [5.41, 5.74) is 1.03. The van der Waals surface area contributed by atoms with Crippen LogP contribution < -0.4 is 4.90 Å². The Morgan fingerprint density at radius 2 is 1.64 bits per heavy atom. The van der Waals surface area contributed by atoms with E-state index in [1.807, 2.05) is 0 Å². The number of amides is 3. The summed E-state index contributed by atoms with van der Waals surface area (Å²) >= 11 is 6.30. The highest BCUT2D eigenvalue weighted by Gasteiger charge is 2.44. The number of rotatable bonds is 6. The molecule has 1 aliphatic rings. The zero-order valence-corrected chi connectivity index (χ0v) is 18.0. The first kappa shape index (κ1) is 22.2. The molecular formula is C24H18ClN3O5. The van der Waals surface area contributed by atoms with Crippen molar-refractivity contribution in [3.8, 4) is 0 Å². The third-order valence-electron chi connectivity index (χ3n) is 5.40. The Hall–Kier alpha value is -4.04. The number of halogens is 1. The number of hydrogen-bond donors (Lipinski definition) is 0. The minimum atomic E-state index is -1.04. The van der Waals surface area contributed by atoms with E-state index in [4.69, 9.17) is 11.6 Å². The van der Waals surface area contributed by atoms with Gasteiger partial charge in [-0.2, -0.15) is 0 Å². The van der Waals surface area contributed by atoms with Gasteiger partial charge >= 0.3 is 0 Å². The number of carbonyl (C=O) groups is 3. The van der Waals surface area contributed by atoms with Crippen LogP contribution in [-0.2, 0) is 16.1 Å². The molecule has 0 aliphatic carbocycles. The minimum absolute atomic E-state index is 0.0121. The standard InChI is InChI=1S/C24H18ClN3O5/c25-20-9-5-4-6-17(20)15-26(23(30)16-10-12-19(13-11-16)28(32)33)21-14-22(29)27(24(21)31)18-7-2-1-3-8-18/h1-13,21H,14-15H2. The maximum absolute atomic E-state index is 13.5. The van der Waals surface area contributed by atoms with Crippen molar-refractivity contribution in [3.05, 3.63) is 105 Å². The summed E-state index contributed by atoms with van der Waals surface area (Å²) in [6.45, 7) is -0.0121. The third kappa shape index (κ3) is 4.47. The van der Waals surface area contributed by atoms with Gasteiger partial charge in [-0.05, 0) is 35.9 Å². The number of benzene rings is 3. The molecule has 0 bridgehead atoms. The molecule has 33 heavy (non-hydrogen) atoms. The Morgan fingerprint density at radius 3 is 2.27 bits per heavy atom. The highest BCUT2D eigenvalue weighted by atomic mass is 35.5. The molecule has 0 spiro atoms. The van der Waals surface area contributed by atoms with Crippen molar-refractivity contribution in [3.63, 3.8) is 0 Å². The molecule has 0 radical (unpaired) electrons. The van der Waals surface area contributed by atoms with Crippen LogP contribution in [0.1, 0.15) is 22.3 Å². The summed E-state index contributed by atoms with van der Waals surface area (Å²) in [5.74, 6) is -1.48. The first-order chi connectivity index (χ1) is 15.9. The zero-order chi connectivity index (χ0) is 23.5. The summed E-state index contributed by atoms with van der Waals surface area (Å²) in [6.07, 6.45) is -0.184. The fourth-order valence-electron chi connectivity index (χ4n) is 3.73. The molecule has 0 saturated carbocycles. The molecule has 0 N–H and O–H groups in total. The number of para-hydroxylation sites is 1. The van der Waals surface area contributed by atoms with E-state index in [0.29, 0.717) is 16.3 Å². The maximum atomic E-state index is 13.5. The van der Waals surface area contributed by atoms with Gasteiger partial charge in [0.2, 0.25) is 5.91 Å². The van der Waals surface area contributed by atoms with Gasteiger partial charge in [-0.3, -0.25) is 24.5 Å². The molecule has 4 rings (SSSR count). The van der Waals surface area contributed by atoms with Crippen LogP contribution in [0.3, 0.4) is 0 Å². The van der Waals surface area contributed by atoms with E-state index in [1.54, 1.807) is 54.6 Å². The van der Waals surface area contributed by atoms with Gasteiger partial charge < -0.3 is 4.90 Å². The van der Waals surface area contributed by atoms with E-state index in [0.717, 1.165) is 4.90 Å². The normalized spacial score (nSPS) is 15.5. The lowest BCUT2D eigenvalue weighted by Gasteiger charge is -2.28. The Labute approximate surface area is 194 Å². The van der Waals surface area contributed by atoms with Gasteiger partial charge in [-0.15, -0.1) is 0 Å². The van der Waals surface area contributed by atoms with E-state index in [1.165, 1.54) is 29.2 Å². The number of non-ortho nitro benzene ring substituents is 1. The van der Waals surface area contributed by atoms with Gasteiger partial charge in [0, 0.05) is 29.3 Å². The monoisotopic (exact) mass is 463 g/mol. The third-order valence-corrected chi connectivity index (χ3v) is 5.77. The summed E-state index contributed by atoms with van der Waals surface area (Å²) < 4.78 is 0. The summed E-state index contributed by atoms with van der Waals surface area (Å²) in [7, 11) is 0. The first-order valence-electron chi connectivity index (χ1n) is 10.1. The molecule has 0 aromatic heterocycles. The molecule has 3 aromatic rings. The minimum Gasteiger partial charge on any atom is -0.322 e. The van der Waals surface area contributed by atoms with E-state index in [-0.39, 0.29) is 24.2 Å². The fourth-order valence-corrected chi connectivity index (χ4v) is 3.93. The Morgan fingerprint density at radius 1 is 1.00 bits per heavy atom. The zero-order valence-electron chi connectivity index (χ0n) is 17.3. The summed E-state index contributed by atoms with van der Waals surface area (Å²) in [5, 5.41) is 11.4. The fraction of sp³-hybridized carbons (Fsp3) is 0.125. The molecule has 3 aromatic carbocycles. The van der Waals surface area contributed by atoms with E-state index in [2.05, 4.69) is 0 Å². The number of carbonyl (C=O) groups excluding carboxylic acids is 3. The Kier molecular flexibility index (Phi) is 6.19. The van der Waals surface area contributed by atoms with Crippen LogP contribution in [0.5, 0.6) is 0 Å². The van der Waals surface area contributed by atoms with Crippen LogP contribution in [0.15, 0.2) is 78.9 Å². The topological polar surface area (TPSA) is 101 Å². The van der Waals surface area contributed by atoms with Crippen molar-refractivity contribution in [2.24, 2.45) is 0 Å². The number of imide groups is 1. The van der Waals surface area contributed by atoms with Crippen LogP contribution in [0.2, 0.25) is 5.02 Å². The molecule has 1 saturated heterocycles. The number of hydrogen-bond acceptors (Lipinski definition) is 5. The van der Waals surface area contributed by atoms with Gasteiger partial charge in [0.05, 0.1) is 17.0 Å². The van der Waals surface area contributed by atoms with E-state index in [9.17, 15) is 24.5 Å². The number of nitro benzene ring substituents is 1. The molecule has 1 aliphatic heterocycles. The maximum Gasteiger partial charge on any atom is 0.269 e. The molecule has 3 amide bonds. The smallest absolute Gasteiger partial charge is 0.269 e. The molecule has 166 valence electrons. The average molecular weight is 464 g/mol. The van der Waals surface area contributed by atoms with Gasteiger partial charge in [0.25, 0.3) is 17.5 Å². The van der Waals surface area contributed by atoms with Gasteiger partial charge in [-0.1, -0.05) is 48.0 Å². The predicted molar refractivity (Wildman–Crippen MR) is 122 cm³/mol. The van der Waals surface area contributed by atoms with Crippen LogP contribution >= 0.6 is 11.6 Å². The number of anilines is 1. The van der Waals surface area contributed by atoms with Crippen LogP contribution in [0.4, 0.5) is 11.4 Å². The van der Waals surface area contributed by atoms with Gasteiger partial charge in [0.15, 0.2) is 0 Å². The highest BCUT2D eigenvalue weighted by Crippen LogP contribution is 2.29. The molecule has 8 nitrogen and oxygen atoms in total. The quantitative estimate of drug-likeness (QED) is 0.309. The molecule has 1 fully saturated rings. The lowest BCUT2D eigenvalue weighted by molar-refractivity contribution is -0.384. The Bertz CT molecular complexity index is 1230. The van der Waals surface area contributed by atoms with E-state index >= 15 is 0 Å². The van der Waals surface area contributed by atoms with Gasteiger partial charge in [0.1, 0.15) is 6.04 Å². The molecule has 1 unspecified atom stereocenters. The van der Waals surface area contributed by atoms with Gasteiger partial charge in [-0.25, -0.2) is 4.90 Å². The molecular weight excluding hydrogens is 446 g/mol. The first-order valence-corrected chi connectivity index (χ1v) is 10.5. The van der Waals surface area contributed by atoms with Crippen LogP contribution in [0, 0.1) is 10.1 Å². The lowest BCUT2D eigenvalue weighted by Crippen LogP contribution is -2.45. The Balaban J connectivity index is 1.70. The second-order valence-electron chi connectivity index (χ2n) is 7.45. The summed E-state index contributed by atoms with van der Waals surface area (Å²) in [6, 6.07) is 19.5. The largest absolute Gasteiger partial charge is 0.322 e. The van der Waals surface area contributed by atoms with Crippen molar-refractivity contribution < 1.29 is 19.3 Å². The SMILES string of the molecule is O=C1CC(N(Cc2ccccc2Cl)C(=O)c2ccc([N+](=O)[O-])cc2)C(=O)N1c1ccccc1. The van der Waals surface area contributed by atoms with Crippen molar-refractivity contribution >= 4 is 40.7 Å². The van der Waals surface area contributed by atoms with Crippen molar-refractivity contribution in [2.45, 2.75) is 19.0 Å². The summed E-state index contributed by atoms with van der Waals surface area (Å²) in [4.78, 5) is 52.3. The number of nitrogens with zero attached hydrogens (tertiary/aromatic N) is 3. The molecule has 9 heteroatoms. The highest BCUT2D eigenvalue weighted by molar-refractivity contribution is 6.31. The van der Waals surface area contributed by atoms with Crippen molar-refractivity contribution in [2.75, 3.05) is 4.90 Å². The van der Waals surface area contributed by atoms with Crippen LogP contribution in [0.25, 0.3) is 0 Å². The van der Waals surface area contributed by atoms with Crippen LogP contribution in [-0.4, -0.2) is 33.6 Å². The second-order valence-corrected chi connectivity index (χ2v) is 7.86. The second kappa shape index (κ2) is 9.22. The van der Waals surface area contributed by atoms with E-state index < -0.39 is 28.7 Å².